The molecule has 8 nitrogen and oxygen atoms in total. The van der Waals surface area contributed by atoms with Crippen LogP contribution in [0.1, 0.15) is 48.3 Å². The number of hydrogen-bond acceptors (Lipinski definition) is 8. The summed E-state index contributed by atoms with van der Waals surface area (Å²) in [6.45, 7) is 5.85. The summed E-state index contributed by atoms with van der Waals surface area (Å²) in [5, 5.41) is 28.4. The Morgan fingerprint density at radius 1 is 1.19 bits per heavy atom. The van der Waals surface area contributed by atoms with Gasteiger partial charge in [-0.15, -0.1) is 11.3 Å². The number of nitrogens with two attached hydrogens (primary N) is 1. The van der Waals surface area contributed by atoms with Crippen LogP contribution >= 0.6 is 11.3 Å². The number of ether oxygens (including phenoxy) is 1. The van der Waals surface area contributed by atoms with Crippen LogP contribution < -0.4 is 11.1 Å². The van der Waals surface area contributed by atoms with Crippen molar-refractivity contribution in [3.63, 3.8) is 0 Å². The van der Waals surface area contributed by atoms with E-state index < -0.39 is 17.6 Å². The summed E-state index contributed by atoms with van der Waals surface area (Å²) in [5.74, 6) is 0.0713. The summed E-state index contributed by atoms with van der Waals surface area (Å²) in [5.41, 5.74) is 8.51. The molecule has 36 heavy (non-hydrogen) atoms. The van der Waals surface area contributed by atoms with E-state index in [2.05, 4.69) is 15.4 Å². The maximum atomic E-state index is 14.9. The molecular formula is C26H30FN5O3S. The first kappa shape index (κ1) is 25.9. The third-order valence-corrected chi connectivity index (χ3v) is 6.77. The molecule has 4 rings (SSSR count). The van der Waals surface area contributed by atoms with Gasteiger partial charge in [0.1, 0.15) is 22.9 Å². The van der Waals surface area contributed by atoms with Crippen molar-refractivity contribution >= 4 is 22.2 Å². The van der Waals surface area contributed by atoms with Crippen molar-refractivity contribution < 1.29 is 19.3 Å². The summed E-state index contributed by atoms with van der Waals surface area (Å²) in [6, 6.07) is 13.7. The molecule has 1 atom stereocenters. The lowest BCUT2D eigenvalue weighted by molar-refractivity contribution is 0.0782. The number of aliphatic hydroxyl groups is 2. The van der Waals surface area contributed by atoms with E-state index in [1.807, 2.05) is 32.2 Å². The van der Waals surface area contributed by atoms with Gasteiger partial charge in [-0.3, -0.25) is 4.68 Å². The van der Waals surface area contributed by atoms with Crippen molar-refractivity contribution in [3.8, 4) is 10.4 Å². The molecule has 0 radical (unpaired) electrons. The lowest BCUT2D eigenvalue weighted by Crippen LogP contribution is -2.15. The topological polar surface area (TPSA) is 118 Å². The van der Waals surface area contributed by atoms with E-state index in [9.17, 15) is 14.6 Å². The van der Waals surface area contributed by atoms with E-state index in [1.165, 1.54) is 17.4 Å². The fraction of sp³-hybridized carbons (Fsp3) is 0.308. The van der Waals surface area contributed by atoms with Crippen LogP contribution in [0.3, 0.4) is 0 Å². The highest BCUT2D eigenvalue weighted by atomic mass is 32.1. The molecule has 0 aliphatic carbocycles. The van der Waals surface area contributed by atoms with E-state index >= 15 is 0 Å². The van der Waals surface area contributed by atoms with Crippen molar-refractivity contribution in [1.82, 2.24) is 14.8 Å². The number of halogens is 1. The quantitative estimate of drug-likeness (QED) is 0.242. The molecule has 0 saturated heterocycles. The molecular weight excluding hydrogens is 481 g/mol. The smallest absolute Gasteiger partial charge is 0.132 e. The highest BCUT2D eigenvalue weighted by Crippen LogP contribution is 2.40. The van der Waals surface area contributed by atoms with Gasteiger partial charge in [0.15, 0.2) is 0 Å². The molecule has 5 N–H and O–H groups in total. The third kappa shape index (κ3) is 5.97. The molecule has 0 saturated carbocycles. The van der Waals surface area contributed by atoms with Crippen LogP contribution in [0.25, 0.3) is 10.4 Å². The molecule has 0 fully saturated rings. The zero-order valence-electron chi connectivity index (χ0n) is 20.6. The number of aliphatic hydroxyl groups excluding tert-OH is 1. The number of hydrogen-bond donors (Lipinski definition) is 4. The molecule has 1 unspecified atom stereocenters. The van der Waals surface area contributed by atoms with E-state index in [-0.39, 0.29) is 0 Å². The monoisotopic (exact) mass is 511 g/mol. The molecule has 190 valence electrons. The van der Waals surface area contributed by atoms with Crippen LogP contribution in [-0.2, 0) is 30.6 Å². The van der Waals surface area contributed by atoms with Crippen molar-refractivity contribution in [3.05, 3.63) is 82.6 Å². The Hall–Kier alpha value is -3.15. The third-order valence-electron chi connectivity index (χ3n) is 5.67. The number of aryl methyl sites for hydroxylation is 2. The second-order valence-electron chi connectivity index (χ2n) is 9.13. The zero-order chi connectivity index (χ0) is 26.0. The second kappa shape index (κ2) is 10.5. The predicted molar refractivity (Wildman–Crippen MR) is 138 cm³/mol. The molecule has 3 aromatic heterocycles. The van der Waals surface area contributed by atoms with E-state index in [4.69, 9.17) is 10.5 Å². The first-order valence-electron chi connectivity index (χ1n) is 11.4. The van der Waals surface area contributed by atoms with Crippen LogP contribution in [0.4, 0.5) is 15.2 Å². The van der Waals surface area contributed by atoms with Crippen molar-refractivity contribution in [1.29, 1.82) is 0 Å². The van der Waals surface area contributed by atoms with Gasteiger partial charge in [-0.1, -0.05) is 18.2 Å². The molecule has 0 amide bonds. The van der Waals surface area contributed by atoms with Gasteiger partial charge in [0, 0.05) is 23.1 Å². The van der Waals surface area contributed by atoms with Crippen molar-refractivity contribution in [2.75, 3.05) is 5.32 Å². The average Bonchev–Trinajstić information content (AvgIpc) is 3.35. The lowest BCUT2D eigenvalue weighted by Gasteiger charge is -2.18. The Morgan fingerprint density at radius 2 is 1.97 bits per heavy atom. The Morgan fingerprint density at radius 3 is 2.61 bits per heavy atom. The van der Waals surface area contributed by atoms with Crippen molar-refractivity contribution in [2.45, 2.75) is 45.8 Å². The van der Waals surface area contributed by atoms with E-state index in [0.29, 0.717) is 45.6 Å². The fourth-order valence-electron chi connectivity index (χ4n) is 3.76. The maximum absolute atomic E-state index is 14.9. The first-order valence-corrected chi connectivity index (χ1v) is 12.2. The minimum atomic E-state index is -1.26. The van der Waals surface area contributed by atoms with Gasteiger partial charge >= 0.3 is 0 Å². The number of rotatable bonds is 9. The summed E-state index contributed by atoms with van der Waals surface area (Å²) in [7, 11) is 1.88. The number of benzene rings is 1. The lowest BCUT2D eigenvalue weighted by atomic mass is 9.96. The Bertz CT molecular complexity index is 1360. The van der Waals surface area contributed by atoms with E-state index in [1.54, 1.807) is 42.8 Å². The first-order chi connectivity index (χ1) is 17.0. The summed E-state index contributed by atoms with van der Waals surface area (Å²) >= 11 is 1.25. The fourth-order valence-corrected chi connectivity index (χ4v) is 4.89. The minimum absolute atomic E-state index is 0.306. The van der Waals surface area contributed by atoms with Crippen LogP contribution in [-0.4, -0.2) is 25.0 Å². The van der Waals surface area contributed by atoms with Gasteiger partial charge in [0.25, 0.3) is 0 Å². The van der Waals surface area contributed by atoms with Crippen LogP contribution in [0, 0.1) is 12.7 Å². The average molecular weight is 512 g/mol. The van der Waals surface area contributed by atoms with Crippen LogP contribution in [0.5, 0.6) is 0 Å². The zero-order valence-corrected chi connectivity index (χ0v) is 21.4. The van der Waals surface area contributed by atoms with Gasteiger partial charge in [0.2, 0.25) is 0 Å². The summed E-state index contributed by atoms with van der Waals surface area (Å²) in [4.78, 5) is 5.18. The van der Waals surface area contributed by atoms with Gasteiger partial charge in [0.05, 0.1) is 35.9 Å². The van der Waals surface area contributed by atoms with Gasteiger partial charge in [-0.05, 0) is 56.7 Å². The van der Waals surface area contributed by atoms with Crippen molar-refractivity contribution in [2.24, 2.45) is 12.8 Å². The molecule has 0 aliphatic rings. The minimum Gasteiger partial charge on any atom is -0.386 e. The summed E-state index contributed by atoms with van der Waals surface area (Å²) in [6.07, 6.45) is -1.26. The van der Waals surface area contributed by atoms with Crippen LogP contribution in [0.2, 0.25) is 0 Å². The SMILES string of the molecule is Cc1cc(COCc2cccc(Nc3sc(-c4ccc(C(C)(C)O)cc4F)cc3C(N)O)n2)n(C)n1. The molecule has 0 spiro atoms. The maximum Gasteiger partial charge on any atom is 0.132 e. The number of nitrogens with zero attached hydrogens (tertiary/aromatic N) is 3. The Labute approximate surface area is 213 Å². The Kier molecular flexibility index (Phi) is 7.53. The number of nitrogens with one attached hydrogen (secondary N) is 1. The molecule has 10 heteroatoms. The number of thiophene rings is 1. The van der Waals surface area contributed by atoms with Gasteiger partial charge in [-0.25, -0.2) is 9.37 Å². The number of aromatic nitrogens is 3. The van der Waals surface area contributed by atoms with Gasteiger partial charge < -0.3 is 26.0 Å². The summed E-state index contributed by atoms with van der Waals surface area (Å²) < 4.78 is 22.5. The highest BCUT2D eigenvalue weighted by molar-refractivity contribution is 7.19. The molecule has 1 aromatic carbocycles. The number of pyridine rings is 1. The van der Waals surface area contributed by atoms with Gasteiger partial charge in [-0.2, -0.15) is 5.10 Å². The Balaban J connectivity index is 1.52. The molecule has 3 heterocycles. The normalized spacial score (nSPS) is 12.7. The molecule has 0 bridgehead atoms. The molecule has 4 aromatic rings. The van der Waals surface area contributed by atoms with Crippen LogP contribution in [0.15, 0.2) is 48.5 Å². The molecule has 0 aliphatic heterocycles. The number of anilines is 2. The highest BCUT2D eigenvalue weighted by Gasteiger charge is 2.21. The largest absolute Gasteiger partial charge is 0.386 e. The predicted octanol–water partition coefficient (Wildman–Crippen LogP) is 4.63. The van der Waals surface area contributed by atoms with E-state index in [0.717, 1.165) is 17.1 Å². The standard InChI is InChI=1S/C26H30FN5O3S/c1-15-10-18(32(4)31-15)14-35-13-17-6-5-7-23(29-17)30-25-20(24(28)33)12-22(36-25)19-9-8-16(11-21(19)27)26(2,3)34/h5-12,24,33-34H,13-14,28H2,1-4H3,(H,29,30). The second-order valence-corrected chi connectivity index (χ2v) is 10.2.